The quantitative estimate of drug-likeness (QED) is 0.575. The van der Waals surface area contributed by atoms with Gasteiger partial charge in [0.25, 0.3) is 0 Å². The van der Waals surface area contributed by atoms with Crippen LogP contribution in [0.15, 0.2) is 36.4 Å². The number of hydrogen-bond acceptors (Lipinski definition) is 0. The zero-order valence-corrected chi connectivity index (χ0v) is 10.6. The highest BCUT2D eigenvalue weighted by Crippen LogP contribution is 2.33. The summed E-state index contributed by atoms with van der Waals surface area (Å²) in [5, 5.41) is 2.80. The molecule has 0 radical (unpaired) electrons. The third-order valence-electron chi connectivity index (χ3n) is 3.64. The minimum absolute atomic E-state index is 1.02. The van der Waals surface area contributed by atoms with E-state index in [2.05, 4.69) is 61.7 Å². The molecule has 0 fully saturated rings. The Kier molecular flexibility index (Phi) is 2.22. The number of rotatable bonds is 1. The topological polar surface area (TPSA) is 4.93 Å². The molecule has 86 valence electrons. The lowest BCUT2D eigenvalue weighted by atomic mass is 10.0. The van der Waals surface area contributed by atoms with Crippen LogP contribution in [-0.4, -0.2) is 4.57 Å². The normalized spacial score (nSPS) is 11.5. The van der Waals surface area contributed by atoms with Gasteiger partial charge < -0.3 is 4.57 Å². The van der Waals surface area contributed by atoms with E-state index in [4.69, 9.17) is 0 Å². The summed E-state index contributed by atoms with van der Waals surface area (Å²) in [6.45, 7) is 7.64. The predicted octanol–water partition coefficient (Wildman–Crippen LogP) is 4.43. The molecule has 1 heteroatoms. The third-order valence-corrected chi connectivity index (χ3v) is 3.64. The first kappa shape index (κ1) is 10.4. The lowest BCUT2D eigenvalue weighted by molar-refractivity contribution is 0.824. The van der Waals surface area contributed by atoms with E-state index < -0.39 is 0 Å². The van der Waals surface area contributed by atoms with E-state index in [1.807, 2.05) is 0 Å². The van der Waals surface area contributed by atoms with Gasteiger partial charge in [-0.15, -0.1) is 0 Å². The second-order valence-corrected chi connectivity index (χ2v) is 4.68. The van der Waals surface area contributed by atoms with Gasteiger partial charge in [0.2, 0.25) is 0 Å². The lowest BCUT2D eigenvalue weighted by Gasteiger charge is -2.06. The fourth-order valence-electron chi connectivity index (χ4n) is 2.85. The highest BCUT2D eigenvalue weighted by atomic mass is 15.0. The smallest absolute Gasteiger partial charge is 0.0523 e. The second kappa shape index (κ2) is 3.63. The summed E-state index contributed by atoms with van der Waals surface area (Å²) in [6, 6.07) is 13.2. The Labute approximate surface area is 102 Å². The van der Waals surface area contributed by atoms with Crippen molar-refractivity contribution >= 4 is 21.8 Å². The van der Waals surface area contributed by atoms with Crippen LogP contribution in [0.4, 0.5) is 0 Å². The number of para-hydroxylation sites is 1. The molecule has 3 rings (SSSR count). The number of aromatic nitrogens is 1. The van der Waals surface area contributed by atoms with Crippen molar-refractivity contribution in [1.82, 2.24) is 4.57 Å². The molecule has 0 aliphatic heterocycles. The first-order valence-electron chi connectivity index (χ1n) is 6.21. The zero-order chi connectivity index (χ0) is 12.0. The van der Waals surface area contributed by atoms with E-state index in [9.17, 15) is 0 Å². The monoisotopic (exact) mass is 223 g/mol. The zero-order valence-electron chi connectivity index (χ0n) is 10.6. The van der Waals surface area contributed by atoms with E-state index in [1.54, 1.807) is 0 Å². The van der Waals surface area contributed by atoms with E-state index in [-0.39, 0.29) is 0 Å². The van der Waals surface area contributed by atoms with E-state index in [1.165, 1.54) is 32.9 Å². The molecule has 0 N–H and O–H groups in total. The maximum absolute atomic E-state index is 2.42. The Hall–Kier alpha value is -1.76. The Balaban J connectivity index is 2.68. The number of fused-ring (bicyclic) bond motifs is 3. The van der Waals surface area contributed by atoms with E-state index in [0.717, 1.165) is 6.54 Å². The van der Waals surface area contributed by atoms with Crippen molar-refractivity contribution in [2.75, 3.05) is 0 Å². The van der Waals surface area contributed by atoms with Crippen molar-refractivity contribution in [3.63, 3.8) is 0 Å². The molecule has 0 saturated carbocycles. The van der Waals surface area contributed by atoms with Gasteiger partial charge in [-0.3, -0.25) is 0 Å². The summed E-state index contributed by atoms with van der Waals surface area (Å²) in [5.74, 6) is 0. The van der Waals surface area contributed by atoms with Crippen molar-refractivity contribution in [3.05, 3.63) is 47.5 Å². The fourth-order valence-corrected chi connectivity index (χ4v) is 2.85. The van der Waals surface area contributed by atoms with Gasteiger partial charge in [0.1, 0.15) is 0 Å². The fraction of sp³-hybridized carbons (Fsp3) is 0.250. The molecule has 0 bridgehead atoms. The van der Waals surface area contributed by atoms with Crippen LogP contribution in [0.25, 0.3) is 21.8 Å². The molecule has 0 aliphatic carbocycles. The largest absolute Gasteiger partial charge is 0.341 e. The first-order chi connectivity index (χ1) is 8.24. The Morgan fingerprint density at radius 1 is 0.941 bits per heavy atom. The molecule has 0 saturated heterocycles. The van der Waals surface area contributed by atoms with Crippen LogP contribution >= 0.6 is 0 Å². The summed E-state index contributed by atoms with van der Waals surface area (Å²) in [6.07, 6.45) is 0. The number of nitrogens with zero attached hydrogens (tertiary/aromatic N) is 1. The Morgan fingerprint density at radius 2 is 1.65 bits per heavy atom. The van der Waals surface area contributed by atoms with Gasteiger partial charge in [-0.25, -0.2) is 0 Å². The number of aryl methyl sites for hydroxylation is 3. The summed E-state index contributed by atoms with van der Waals surface area (Å²) in [4.78, 5) is 0. The predicted molar refractivity (Wildman–Crippen MR) is 74.6 cm³/mol. The Morgan fingerprint density at radius 3 is 2.41 bits per heavy atom. The van der Waals surface area contributed by atoms with Crippen molar-refractivity contribution in [2.45, 2.75) is 27.3 Å². The molecule has 2 aromatic carbocycles. The SMILES string of the molecule is CCn1c2ccccc2c2c(C)ccc(C)c21. The van der Waals surface area contributed by atoms with Crippen LogP contribution in [0.2, 0.25) is 0 Å². The van der Waals surface area contributed by atoms with Crippen LogP contribution < -0.4 is 0 Å². The van der Waals surface area contributed by atoms with Crippen molar-refractivity contribution in [3.8, 4) is 0 Å². The minimum Gasteiger partial charge on any atom is -0.341 e. The van der Waals surface area contributed by atoms with Gasteiger partial charge in [0.05, 0.1) is 5.52 Å². The van der Waals surface area contributed by atoms with Crippen molar-refractivity contribution < 1.29 is 0 Å². The van der Waals surface area contributed by atoms with Crippen LogP contribution in [0.5, 0.6) is 0 Å². The molecule has 0 spiro atoms. The van der Waals surface area contributed by atoms with Crippen molar-refractivity contribution in [1.29, 1.82) is 0 Å². The molecule has 0 aliphatic rings. The molecule has 0 amide bonds. The van der Waals surface area contributed by atoms with E-state index in [0.29, 0.717) is 0 Å². The summed E-state index contributed by atoms with van der Waals surface area (Å²) < 4.78 is 2.42. The summed E-state index contributed by atoms with van der Waals surface area (Å²) in [7, 11) is 0. The van der Waals surface area contributed by atoms with E-state index >= 15 is 0 Å². The van der Waals surface area contributed by atoms with Gasteiger partial charge >= 0.3 is 0 Å². The molecule has 1 nitrogen and oxygen atoms in total. The standard InChI is InChI=1S/C16H17N/c1-4-17-14-8-6-5-7-13(14)15-11(2)9-10-12(3)16(15)17/h5-10H,4H2,1-3H3. The van der Waals surface area contributed by atoms with Crippen LogP contribution in [0.3, 0.4) is 0 Å². The number of benzene rings is 2. The molecule has 0 atom stereocenters. The maximum Gasteiger partial charge on any atom is 0.0523 e. The number of hydrogen-bond donors (Lipinski definition) is 0. The molecule has 17 heavy (non-hydrogen) atoms. The third kappa shape index (κ3) is 1.32. The first-order valence-corrected chi connectivity index (χ1v) is 6.21. The summed E-state index contributed by atoms with van der Waals surface area (Å²) >= 11 is 0. The summed E-state index contributed by atoms with van der Waals surface area (Å²) in [5.41, 5.74) is 5.48. The van der Waals surface area contributed by atoms with Gasteiger partial charge in [-0.1, -0.05) is 30.3 Å². The average molecular weight is 223 g/mol. The molecular formula is C16H17N. The van der Waals surface area contributed by atoms with Gasteiger partial charge in [0, 0.05) is 22.8 Å². The molecule has 3 aromatic rings. The van der Waals surface area contributed by atoms with Crippen molar-refractivity contribution in [2.24, 2.45) is 0 Å². The highest BCUT2D eigenvalue weighted by Gasteiger charge is 2.12. The van der Waals surface area contributed by atoms with Crippen LogP contribution in [0, 0.1) is 13.8 Å². The Bertz CT molecular complexity index is 704. The molecule has 1 aromatic heterocycles. The second-order valence-electron chi connectivity index (χ2n) is 4.68. The van der Waals surface area contributed by atoms with Gasteiger partial charge in [0.15, 0.2) is 0 Å². The molecular weight excluding hydrogens is 206 g/mol. The van der Waals surface area contributed by atoms with Crippen LogP contribution in [0.1, 0.15) is 18.1 Å². The molecule has 0 unspecified atom stereocenters. The minimum atomic E-state index is 1.02. The lowest BCUT2D eigenvalue weighted by Crippen LogP contribution is -1.94. The molecule has 1 heterocycles. The highest BCUT2D eigenvalue weighted by molar-refractivity contribution is 6.10. The van der Waals surface area contributed by atoms with Gasteiger partial charge in [-0.2, -0.15) is 0 Å². The average Bonchev–Trinajstić information content (AvgIpc) is 2.69. The van der Waals surface area contributed by atoms with Gasteiger partial charge in [-0.05, 0) is 38.0 Å². The van der Waals surface area contributed by atoms with Crippen LogP contribution in [-0.2, 0) is 6.54 Å². The maximum atomic E-state index is 2.42.